The third-order valence-corrected chi connectivity index (χ3v) is 7.53. The van der Waals surface area contributed by atoms with Crippen LogP contribution in [0.2, 0.25) is 0 Å². The molecule has 0 aliphatic carbocycles. The lowest BCUT2D eigenvalue weighted by molar-refractivity contribution is 0.209. The van der Waals surface area contributed by atoms with E-state index in [1.807, 2.05) is 13.8 Å². The van der Waals surface area contributed by atoms with Crippen LogP contribution in [0.3, 0.4) is 0 Å². The summed E-state index contributed by atoms with van der Waals surface area (Å²) in [6.07, 6.45) is 4.93. The molecule has 2 saturated heterocycles. The standard InChI is InChI=1S/C29H37N3O.C2H6/c1-20(2)26-13-12-21(3)19-24(26)10-8-16-29(23(5)30-28(33)31-29)25-14-17-32(18-15-25)27-11-7-6-9-22(27)4;1-2/h6-7,9,11-13,19,25H,1,5,8,10,14-18H2,2-4H3,(H2,30,31,33);1-2H3. The minimum absolute atomic E-state index is 0.112. The molecule has 2 heterocycles. The molecule has 2 fully saturated rings. The number of hydrogen-bond donors (Lipinski definition) is 2. The first-order valence-corrected chi connectivity index (χ1v) is 13.1. The molecule has 2 aromatic carbocycles. The first-order valence-electron chi connectivity index (χ1n) is 13.1. The Morgan fingerprint density at radius 1 is 1.11 bits per heavy atom. The van der Waals surface area contributed by atoms with E-state index in [9.17, 15) is 4.79 Å². The van der Waals surface area contributed by atoms with Gasteiger partial charge in [-0.3, -0.25) is 0 Å². The number of carbonyl (C=O) groups excluding carboxylic acids is 1. The predicted octanol–water partition coefficient (Wildman–Crippen LogP) is 7.17. The molecule has 4 heteroatoms. The maximum Gasteiger partial charge on any atom is 0.319 e. The fourth-order valence-corrected chi connectivity index (χ4v) is 5.76. The number of amides is 2. The number of anilines is 1. The van der Waals surface area contributed by atoms with E-state index in [4.69, 9.17) is 0 Å². The lowest BCUT2D eigenvalue weighted by atomic mass is 9.73. The number of para-hydroxylation sites is 1. The summed E-state index contributed by atoms with van der Waals surface area (Å²) in [4.78, 5) is 14.8. The van der Waals surface area contributed by atoms with Crippen LogP contribution < -0.4 is 15.5 Å². The van der Waals surface area contributed by atoms with E-state index in [1.54, 1.807) is 0 Å². The van der Waals surface area contributed by atoms with Crippen LogP contribution in [0.15, 0.2) is 61.3 Å². The quantitative estimate of drug-likeness (QED) is 0.448. The van der Waals surface area contributed by atoms with Gasteiger partial charge in [-0.2, -0.15) is 0 Å². The molecule has 2 aromatic rings. The third-order valence-electron chi connectivity index (χ3n) is 7.53. The lowest BCUT2D eigenvalue weighted by Crippen LogP contribution is -2.52. The van der Waals surface area contributed by atoms with Crippen LogP contribution in [0.25, 0.3) is 5.57 Å². The van der Waals surface area contributed by atoms with Crippen molar-refractivity contribution in [3.8, 4) is 0 Å². The van der Waals surface area contributed by atoms with E-state index in [0.29, 0.717) is 5.92 Å². The minimum Gasteiger partial charge on any atom is -0.371 e. The van der Waals surface area contributed by atoms with E-state index in [2.05, 4.69) is 91.9 Å². The van der Waals surface area contributed by atoms with E-state index in [0.717, 1.165) is 56.5 Å². The molecule has 4 rings (SSSR count). The van der Waals surface area contributed by atoms with Crippen molar-refractivity contribution in [2.45, 2.75) is 72.3 Å². The highest BCUT2D eigenvalue weighted by molar-refractivity contribution is 5.81. The zero-order chi connectivity index (χ0) is 25.6. The highest BCUT2D eigenvalue weighted by Gasteiger charge is 2.47. The zero-order valence-corrected chi connectivity index (χ0v) is 22.3. The fourth-order valence-electron chi connectivity index (χ4n) is 5.76. The summed E-state index contributed by atoms with van der Waals surface area (Å²) in [5, 5.41) is 6.27. The molecular formula is C31H43N3O. The van der Waals surface area contributed by atoms with Gasteiger partial charge in [0.1, 0.15) is 0 Å². The number of urea groups is 1. The van der Waals surface area contributed by atoms with Crippen molar-refractivity contribution in [3.63, 3.8) is 0 Å². The Morgan fingerprint density at radius 2 is 1.80 bits per heavy atom. The van der Waals surface area contributed by atoms with Crippen molar-refractivity contribution in [2.75, 3.05) is 18.0 Å². The van der Waals surface area contributed by atoms with Crippen molar-refractivity contribution in [1.82, 2.24) is 10.6 Å². The number of nitrogens with one attached hydrogen (secondary N) is 2. The molecule has 2 N–H and O–H groups in total. The molecule has 2 amide bonds. The summed E-state index contributed by atoms with van der Waals surface area (Å²) in [5.74, 6) is 0.377. The topological polar surface area (TPSA) is 44.4 Å². The number of piperidine rings is 1. The number of allylic oxidation sites excluding steroid dienone is 1. The second-order valence-electron chi connectivity index (χ2n) is 9.87. The Balaban J connectivity index is 0.00000167. The van der Waals surface area contributed by atoms with Gasteiger partial charge in [0.25, 0.3) is 0 Å². The second kappa shape index (κ2) is 11.6. The van der Waals surface area contributed by atoms with Crippen LogP contribution in [0, 0.1) is 19.8 Å². The number of benzene rings is 2. The highest BCUT2D eigenvalue weighted by atomic mass is 16.2. The Labute approximate surface area is 212 Å². The van der Waals surface area contributed by atoms with Crippen LogP contribution in [-0.4, -0.2) is 24.7 Å². The summed E-state index contributed by atoms with van der Waals surface area (Å²) < 4.78 is 0. The van der Waals surface area contributed by atoms with Crippen molar-refractivity contribution in [3.05, 3.63) is 83.6 Å². The van der Waals surface area contributed by atoms with Crippen LogP contribution in [0.4, 0.5) is 10.5 Å². The molecule has 0 radical (unpaired) electrons. The molecule has 0 aromatic heterocycles. The summed E-state index contributed by atoms with van der Waals surface area (Å²) >= 11 is 0. The Kier molecular flexibility index (Phi) is 8.82. The lowest BCUT2D eigenvalue weighted by Gasteiger charge is -2.43. The summed E-state index contributed by atoms with van der Waals surface area (Å²) in [5.41, 5.74) is 8.07. The van der Waals surface area contributed by atoms with Crippen LogP contribution >= 0.6 is 0 Å². The van der Waals surface area contributed by atoms with Crippen LogP contribution in [0.1, 0.15) is 68.7 Å². The molecular weight excluding hydrogens is 430 g/mol. The second-order valence-corrected chi connectivity index (χ2v) is 9.87. The zero-order valence-electron chi connectivity index (χ0n) is 22.3. The molecule has 0 spiro atoms. The van der Waals surface area contributed by atoms with Crippen molar-refractivity contribution in [2.24, 2.45) is 5.92 Å². The maximum atomic E-state index is 12.4. The van der Waals surface area contributed by atoms with E-state index < -0.39 is 0 Å². The van der Waals surface area contributed by atoms with Crippen LogP contribution in [-0.2, 0) is 6.42 Å². The smallest absolute Gasteiger partial charge is 0.319 e. The molecule has 1 unspecified atom stereocenters. The van der Waals surface area contributed by atoms with Gasteiger partial charge in [0.05, 0.1) is 5.54 Å². The largest absolute Gasteiger partial charge is 0.371 e. The van der Waals surface area contributed by atoms with Gasteiger partial charge >= 0.3 is 6.03 Å². The molecule has 2 aliphatic rings. The van der Waals surface area contributed by atoms with E-state index in [-0.39, 0.29) is 11.6 Å². The monoisotopic (exact) mass is 473 g/mol. The van der Waals surface area contributed by atoms with Gasteiger partial charge in [0.15, 0.2) is 0 Å². The van der Waals surface area contributed by atoms with E-state index in [1.165, 1.54) is 27.9 Å². The molecule has 2 aliphatic heterocycles. The fraction of sp³-hybridized carbons (Fsp3) is 0.452. The molecule has 1 atom stereocenters. The number of nitrogens with zero attached hydrogens (tertiary/aromatic N) is 1. The van der Waals surface area contributed by atoms with Gasteiger partial charge in [-0.15, -0.1) is 0 Å². The number of hydrogen-bond acceptors (Lipinski definition) is 2. The molecule has 0 saturated carbocycles. The van der Waals surface area contributed by atoms with Gasteiger partial charge in [0, 0.05) is 24.5 Å². The third kappa shape index (κ3) is 5.80. The SMILES string of the molecule is C=C(C)c1ccc(C)cc1CCCC1(C2CCN(c3ccccc3C)CC2)NC(=O)NC1=C.CC. The Hall–Kier alpha value is -3.01. The average Bonchev–Trinajstić information content (AvgIpc) is 3.14. The normalized spacial score (nSPS) is 20.1. The summed E-state index contributed by atoms with van der Waals surface area (Å²) in [7, 11) is 0. The number of carbonyl (C=O) groups is 1. The van der Waals surface area contributed by atoms with Crippen molar-refractivity contribution >= 4 is 17.3 Å². The molecule has 188 valence electrons. The molecule has 35 heavy (non-hydrogen) atoms. The number of rotatable bonds is 7. The van der Waals surface area contributed by atoms with Gasteiger partial charge in [-0.25, -0.2) is 4.79 Å². The van der Waals surface area contributed by atoms with E-state index >= 15 is 0 Å². The Bertz CT molecular complexity index is 1060. The van der Waals surface area contributed by atoms with Crippen molar-refractivity contribution < 1.29 is 4.79 Å². The minimum atomic E-state index is -0.373. The van der Waals surface area contributed by atoms with Gasteiger partial charge < -0.3 is 15.5 Å². The summed E-state index contributed by atoms with van der Waals surface area (Å²) in [6.45, 7) is 20.8. The Morgan fingerprint density at radius 3 is 2.40 bits per heavy atom. The molecule has 0 bridgehead atoms. The first kappa shape index (κ1) is 26.6. The van der Waals surface area contributed by atoms with Crippen LogP contribution in [0.5, 0.6) is 0 Å². The van der Waals surface area contributed by atoms with Gasteiger partial charge in [-0.1, -0.05) is 74.5 Å². The average molecular weight is 474 g/mol. The highest BCUT2D eigenvalue weighted by Crippen LogP contribution is 2.40. The summed E-state index contributed by atoms with van der Waals surface area (Å²) in [6, 6.07) is 15.1. The molecule has 4 nitrogen and oxygen atoms in total. The predicted molar refractivity (Wildman–Crippen MR) is 150 cm³/mol. The van der Waals surface area contributed by atoms with Gasteiger partial charge in [-0.05, 0) is 81.5 Å². The first-order chi connectivity index (χ1) is 16.8. The van der Waals surface area contributed by atoms with Crippen molar-refractivity contribution in [1.29, 1.82) is 0 Å². The maximum absolute atomic E-state index is 12.4. The number of aryl methyl sites for hydroxylation is 3. The van der Waals surface area contributed by atoms with Gasteiger partial charge in [0.2, 0.25) is 0 Å².